The summed E-state index contributed by atoms with van der Waals surface area (Å²) in [4.78, 5) is 43.8. The lowest BCUT2D eigenvalue weighted by Crippen LogP contribution is -2.35. The Kier molecular flexibility index (Phi) is 5.88. The number of carboxylic acid groups (broad SMARTS) is 2. The molecule has 132 valence electrons. The van der Waals surface area contributed by atoms with Crippen molar-refractivity contribution in [1.82, 2.24) is 0 Å². The topological polar surface area (TPSA) is 146 Å². The lowest BCUT2D eigenvalue weighted by atomic mass is 10.1. The molecule has 0 unspecified atom stereocenters. The van der Waals surface area contributed by atoms with Crippen LogP contribution in [0.5, 0.6) is 0 Å². The van der Waals surface area contributed by atoms with Crippen molar-refractivity contribution in [3.63, 3.8) is 0 Å². The molecule has 0 spiro atoms. The van der Waals surface area contributed by atoms with Gasteiger partial charge in [0.05, 0.1) is 26.1 Å². The van der Waals surface area contributed by atoms with Crippen LogP contribution in [-0.4, -0.2) is 71.7 Å². The minimum absolute atomic E-state index is 0.0190. The monoisotopic (exact) mass is 344 g/mol. The first kappa shape index (κ1) is 17.9. The van der Waals surface area contributed by atoms with E-state index in [1.807, 2.05) is 0 Å². The molecule has 0 aromatic rings. The molecule has 24 heavy (non-hydrogen) atoms. The molecule has 2 rings (SSSR count). The highest BCUT2D eigenvalue weighted by Gasteiger charge is 2.51. The summed E-state index contributed by atoms with van der Waals surface area (Å²) in [6.45, 7) is 0.0539. The van der Waals surface area contributed by atoms with Crippen LogP contribution in [0, 0.1) is 0 Å². The zero-order chi connectivity index (χ0) is 17.7. The molecular formula is C14H16O10. The van der Waals surface area contributed by atoms with Crippen molar-refractivity contribution in [2.45, 2.75) is 37.3 Å². The molecule has 10 heteroatoms. The molecule has 2 aliphatic rings. The Balaban J connectivity index is 1.83. The second-order valence-corrected chi connectivity index (χ2v) is 5.16. The van der Waals surface area contributed by atoms with Gasteiger partial charge in [-0.25, -0.2) is 9.59 Å². The van der Waals surface area contributed by atoms with Gasteiger partial charge >= 0.3 is 23.9 Å². The minimum Gasteiger partial charge on any atom is -0.481 e. The summed E-state index contributed by atoms with van der Waals surface area (Å²) in [5.74, 6) is -3.92. The first-order chi connectivity index (χ1) is 11.4. The number of ether oxygens (including phenoxy) is 4. The molecule has 0 aromatic carbocycles. The minimum atomic E-state index is -1.28. The predicted octanol–water partition coefficient (Wildman–Crippen LogP) is -0.887. The highest BCUT2D eigenvalue weighted by Crippen LogP contribution is 2.30. The second-order valence-electron chi connectivity index (χ2n) is 5.16. The van der Waals surface area contributed by atoms with Gasteiger partial charge in [0, 0.05) is 12.2 Å². The summed E-state index contributed by atoms with van der Waals surface area (Å²) in [6, 6.07) is 0. The summed E-state index contributed by atoms with van der Waals surface area (Å²) >= 11 is 0. The number of aliphatic carboxylic acids is 2. The van der Waals surface area contributed by atoms with Gasteiger partial charge in [-0.1, -0.05) is 0 Å². The average Bonchev–Trinajstić information content (AvgIpc) is 3.07. The van der Waals surface area contributed by atoms with Crippen molar-refractivity contribution in [2.75, 3.05) is 13.2 Å². The van der Waals surface area contributed by atoms with Gasteiger partial charge in [-0.2, -0.15) is 0 Å². The number of carbonyl (C=O) groups excluding carboxylic acids is 2. The van der Waals surface area contributed by atoms with Crippen LogP contribution >= 0.6 is 0 Å². The highest BCUT2D eigenvalue weighted by molar-refractivity contribution is 5.90. The van der Waals surface area contributed by atoms with Crippen LogP contribution in [0.15, 0.2) is 12.2 Å². The fraction of sp³-hybridized carbons (Fsp3) is 0.571. The van der Waals surface area contributed by atoms with Crippen molar-refractivity contribution in [2.24, 2.45) is 0 Å². The van der Waals surface area contributed by atoms with Gasteiger partial charge in [-0.05, 0) is 0 Å². The highest BCUT2D eigenvalue weighted by atomic mass is 16.7. The lowest BCUT2D eigenvalue weighted by molar-refractivity contribution is -0.156. The predicted molar refractivity (Wildman–Crippen MR) is 72.9 cm³/mol. The maximum absolute atomic E-state index is 11.6. The van der Waals surface area contributed by atoms with E-state index in [1.165, 1.54) is 0 Å². The van der Waals surface area contributed by atoms with E-state index in [0.29, 0.717) is 6.08 Å². The van der Waals surface area contributed by atoms with E-state index in [4.69, 9.17) is 29.2 Å². The smallest absolute Gasteiger partial charge is 0.331 e. The molecule has 2 aliphatic heterocycles. The third kappa shape index (κ3) is 4.77. The number of esters is 2. The zero-order valence-corrected chi connectivity index (χ0v) is 12.5. The standard InChI is InChI=1S/C14H16O10/c15-9(16)1-3-11(19)23-7-5-21-14-8(6-22-13(7)14)24-12(20)4-2-10(17)18/h1,3,7-8,13-14H,2,4-6H2,(H,15,16)(H,17,18)/b3-1-/t7-,8-,13+,14+/m0/s1. The average molecular weight is 344 g/mol. The molecule has 2 heterocycles. The van der Waals surface area contributed by atoms with Crippen LogP contribution in [0.1, 0.15) is 12.8 Å². The van der Waals surface area contributed by atoms with E-state index in [1.54, 1.807) is 0 Å². The largest absolute Gasteiger partial charge is 0.481 e. The summed E-state index contributed by atoms with van der Waals surface area (Å²) in [5, 5.41) is 17.0. The SMILES string of the molecule is O=C(O)/C=C\C(=O)O[C@H]1CO[C@H]2[C@@H]1OC[C@@H]2OC(=O)CCC(=O)O. The molecule has 0 radical (unpaired) electrons. The van der Waals surface area contributed by atoms with Crippen molar-refractivity contribution in [1.29, 1.82) is 0 Å². The van der Waals surface area contributed by atoms with Crippen molar-refractivity contribution >= 4 is 23.9 Å². The van der Waals surface area contributed by atoms with E-state index in [0.717, 1.165) is 6.08 Å². The van der Waals surface area contributed by atoms with Gasteiger partial charge in [-0.3, -0.25) is 9.59 Å². The first-order valence-corrected chi connectivity index (χ1v) is 7.13. The van der Waals surface area contributed by atoms with Crippen LogP contribution in [0.25, 0.3) is 0 Å². The Morgan fingerprint density at radius 1 is 0.917 bits per heavy atom. The van der Waals surface area contributed by atoms with E-state index >= 15 is 0 Å². The Morgan fingerprint density at radius 2 is 1.50 bits per heavy atom. The fourth-order valence-electron chi connectivity index (χ4n) is 2.40. The lowest BCUT2D eigenvalue weighted by Gasteiger charge is -2.16. The zero-order valence-electron chi connectivity index (χ0n) is 12.5. The Morgan fingerprint density at radius 3 is 2.04 bits per heavy atom. The molecule has 2 fully saturated rings. The van der Waals surface area contributed by atoms with Crippen LogP contribution in [0.3, 0.4) is 0 Å². The quantitative estimate of drug-likeness (QED) is 0.440. The molecule has 2 N–H and O–H groups in total. The summed E-state index contributed by atoms with van der Waals surface area (Å²) in [5.41, 5.74) is 0. The molecule has 0 aliphatic carbocycles. The molecule has 0 saturated carbocycles. The van der Waals surface area contributed by atoms with Gasteiger partial charge in [0.25, 0.3) is 0 Å². The molecular weight excluding hydrogens is 328 g/mol. The normalized spacial score (nSPS) is 28.5. The van der Waals surface area contributed by atoms with Crippen LogP contribution in [0.2, 0.25) is 0 Å². The number of carbonyl (C=O) groups is 4. The number of hydrogen-bond acceptors (Lipinski definition) is 8. The summed E-state index contributed by atoms with van der Waals surface area (Å²) in [6.07, 6.45) is -1.89. The molecule has 0 amide bonds. The third-order valence-corrected chi connectivity index (χ3v) is 3.42. The number of rotatable bonds is 7. The Hall–Kier alpha value is -2.46. The molecule has 10 nitrogen and oxygen atoms in total. The Labute approximate surface area is 135 Å². The third-order valence-electron chi connectivity index (χ3n) is 3.42. The van der Waals surface area contributed by atoms with Gasteiger partial charge in [0.1, 0.15) is 12.2 Å². The Bertz CT molecular complexity index is 554. The second kappa shape index (κ2) is 7.88. The van der Waals surface area contributed by atoms with Crippen molar-refractivity contribution in [3.05, 3.63) is 12.2 Å². The van der Waals surface area contributed by atoms with Crippen molar-refractivity contribution < 1.29 is 48.3 Å². The summed E-state index contributed by atoms with van der Waals surface area (Å²) < 4.78 is 21.0. The van der Waals surface area contributed by atoms with E-state index < -0.39 is 48.3 Å². The first-order valence-electron chi connectivity index (χ1n) is 7.13. The maximum Gasteiger partial charge on any atom is 0.331 e. The van der Waals surface area contributed by atoms with Crippen molar-refractivity contribution in [3.8, 4) is 0 Å². The number of fused-ring (bicyclic) bond motifs is 1. The number of hydrogen-bond donors (Lipinski definition) is 2. The molecule has 2 saturated heterocycles. The van der Waals surface area contributed by atoms with Gasteiger partial charge in [0.15, 0.2) is 12.2 Å². The van der Waals surface area contributed by atoms with E-state index in [2.05, 4.69) is 0 Å². The van der Waals surface area contributed by atoms with E-state index in [-0.39, 0.29) is 26.1 Å². The maximum atomic E-state index is 11.6. The van der Waals surface area contributed by atoms with E-state index in [9.17, 15) is 19.2 Å². The van der Waals surface area contributed by atoms with Crippen LogP contribution in [0.4, 0.5) is 0 Å². The molecule has 0 aromatic heterocycles. The fourth-order valence-corrected chi connectivity index (χ4v) is 2.40. The molecule has 4 atom stereocenters. The van der Waals surface area contributed by atoms with Crippen LogP contribution in [-0.2, 0) is 38.1 Å². The van der Waals surface area contributed by atoms with Crippen LogP contribution < -0.4 is 0 Å². The van der Waals surface area contributed by atoms with Gasteiger partial charge in [-0.15, -0.1) is 0 Å². The molecule has 0 bridgehead atoms. The van der Waals surface area contributed by atoms with Gasteiger partial charge < -0.3 is 29.2 Å². The van der Waals surface area contributed by atoms with Gasteiger partial charge in [0.2, 0.25) is 0 Å². The number of carboxylic acids is 2. The summed E-state index contributed by atoms with van der Waals surface area (Å²) in [7, 11) is 0.